The number of phenols is 1. The van der Waals surface area contributed by atoms with E-state index in [1.807, 2.05) is 0 Å². The highest BCUT2D eigenvalue weighted by molar-refractivity contribution is 5.99. The lowest BCUT2D eigenvalue weighted by atomic mass is 10.1. The summed E-state index contributed by atoms with van der Waals surface area (Å²) in [4.78, 5) is 47.7. The molecule has 0 radical (unpaired) electrons. The van der Waals surface area contributed by atoms with Crippen molar-refractivity contribution < 1.29 is 29.4 Å². The number of carbonyl (C=O) groups excluding carboxylic acids is 3. The summed E-state index contributed by atoms with van der Waals surface area (Å²) in [7, 11) is 0. The van der Waals surface area contributed by atoms with Gasteiger partial charge in [-0.3, -0.25) is 9.59 Å². The van der Waals surface area contributed by atoms with E-state index >= 15 is 0 Å². The summed E-state index contributed by atoms with van der Waals surface area (Å²) < 4.78 is 0. The second-order valence-corrected chi connectivity index (χ2v) is 7.30. The number of aromatic hydroxyl groups is 1. The third kappa shape index (κ3) is 7.63. The molecule has 1 atom stereocenters. The number of nitrogens with one attached hydrogen (secondary N) is 4. The highest BCUT2D eigenvalue weighted by Gasteiger charge is 2.21. The topological polar surface area (TPSA) is 157 Å². The normalized spacial score (nSPS) is 11.3. The Balaban J connectivity index is 1.92. The van der Waals surface area contributed by atoms with Crippen LogP contribution in [-0.4, -0.2) is 52.7 Å². The van der Waals surface area contributed by atoms with Crippen LogP contribution in [0.25, 0.3) is 0 Å². The summed E-state index contributed by atoms with van der Waals surface area (Å²) in [5.41, 5.74) is 1.20. The molecule has 2 rings (SSSR count). The maximum atomic E-state index is 12.4. The van der Waals surface area contributed by atoms with Gasteiger partial charge in [-0.1, -0.05) is 12.1 Å². The molecule has 2 aromatic rings. The van der Waals surface area contributed by atoms with Gasteiger partial charge in [0, 0.05) is 23.7 Å². The van der Waals surface area contributed by atoms with Gasteiger partial charge < -0.3 is 31.5 Å². The van der Waals surface area contributed by atoms with E-state index in [1.54, 1.807) is 26.0 Å². The molecule has 0 fully saturated rings. The number of phenolic OH excluding ortho intramolecular Hbond substituents is 1. The van der Waals surface area contributed by atoms with Gasteiger partial charge in [0.15, 0.2) is 0 Å². The number of benzene rings is 2. The van der Waals surface area contributed by atoms with Crippen LogP contribution in [0, 0.1) is 0 Å². The summed E-state index contributed by atoms with van der Waals surface area (Å²) in [6.45, 7) is 3.43. The number of amides is 4. The second kappa shape index (κ2) is 11.3. The molecule has 0 aromatic heterocycles. The van der Waals surface area contributed by atoms with E-state index in [2.05, 4.69) is 21.3 Å². The van der Waals surface area contributed by atoms with Crippen molar-refractivity contribution in [3.05, 3.63) is 65.2 Å². The van der Waals surface area contributed by atoms with Crippen LogP contribution in [0.1, 0.15) is 40.1 Å². The molecule has 0 heterocycles. The van der Waals surface area contributed by atoms with Crippen molar-refractivity contribution in [2.45, 2.75) is 32.5 Å². The number of hydrogen-bond acceptors (Lipinski definition) is 5. The van der Waals surface area contributed by atoms with Crippen LogP contribution in [0.2, 0.25) is 0 Å². The van der Waals surface area contributed by atoms with Crippen molar-refractivity contribution in [2.24, 2.45) is 0 Å². The molecule has 0 saturated carbocycles. The number of urea groups is 1. The number of carboxylic acids is 1. The molecular weight excluding hydrogens is 416 g/mol. The Morgan fingerprint density at radius 2 is 1.50 bits per heavy atom. The Morgan fingerprint density at radius 3 is 2.06 bits per heavy atom. The summed E-state index contributed by atoms with van der Waals surface area (Å²) in [5, 5.41) is 28.7. The molecule has 10 nitrogen and oxygen atoms in total. The first-order chi connectivity index (χ1) is 15.2. The second-order valence-electron chi connectivity index (χ2n) is 7.30. The molecule has 10 heteroatoms. The van der Waals surface area contributed by atoms with Gasteiger partial charge in [-0.2, -0.15) is 0 Å². The van der Waals surface area contributed by atoms with Crippen LogP contribution in [-0.2, 0) is 11.3 Å². The Bertz CT molecular complexity index is 975. The van der Waals surface area contributed by atoms with Gasteiger partial charge in [0.05, 0.1) is 6.54 Å². The zero-order chi connectivity index (χ0) is 23.7. The smallest absolute Gasteiger partial charge is 0.328 e. The lowest BCUT2D eigenvalue weighted by molar-refractivity contribution is -0.139. The standard InChI is InChI=1S/C22H26N4O6/c1-13(2)25-22(32)24-12-18(21(30)31)26-20(29)16-8-6-15(7-9-16)19(28)23-11-14-4-3-5-17(27)10-14/h3-10,13,18,27H,11-12H2,1-2H3,(H,23,28)(H,26,29)(H,30,31)(H2,24,25,32). The largest absolute Gasteiger partial charge is 0.508 e. The van der Waals surface area contributed by atoms with Gasteiger partial charge in [0.1, 0.15) is 11.8 Å². The van der Waals surface area contributed by atoms with E-state index in [9.17, 15) is 29.4 Å². The maximum absolute atomic E-state index is 12.4. The van der Waals surface area contributed by atoms with Gasteiger partial charge in [0.2, 0.25) is 0 Å². The molecule has 0 aliphatic heterocycles. The summed E-state index contributed by atoms with van der Waals surface area (Å²) >= 11 is 0. The fraction of sp³-hybridized carbons (Fsp3) is 0.273. The van der Waals surface area contributed by atoms with Gasteiger partial charge in [-0.25, -0.2) is 9.59 Å². The fourth-order valence-electron chi connectivity index (χ4n) is 2.67. The zero-order valence-corrected chi connectivity index (χ0v) is 17.7. The van der Waals surface area contributed by atoms with Crippen LogP contribution in [0.5, 0.6) is 5.75 Å². The van der Waals surface area contributed by atoms with Gasteiger partial charge in [0.25, 0.3) is 11.8 Å². The number of carboxylic acid groups (broad SMARTS) is 1. The van der Waals surface area contributed by atoms with E-state index in [1.165, 1.54) is 36.4 Å². The molecule has 0 saturated heterocycles. The Labute approximate surface area is 185 Å². The number of hydrogen-bond donors (Lipinski definition) is 6. The highest BCUT2D eigenvalue weighted by atomic mass is 16.4. The Hall–Kier alpha value is -4.08. The number of aliphatic carboxylic acids is 1. The van der Waals surface area contributed by atoms with Gasteiger partial charge in [-0.05, 0) is 55.8 Å². The molecule has 32 heavy (non-hydrogen) atoms. The van der Waals surface area contributed by atoms with Crippen molar-refractivity contribution in [3.63, 3.8) is 0 Å². The minimum Gasteiger partial charge on any atom is -0.508 e. The predicted molar refractivity (Wildman–Crippen MR) is 116 cm³/mol. The van der Waals surface area contributed by atoms with E-state index in [4.69, 9.17) is 0 Å². The monoisotopic (exact) mass is 442 g/mol. The van der Waals surface area contributed by atoms with Crippen LogP contribution in [0.15, 0.2) is 48.5 Å². The lowest BCUT2D eigenvalue weighted by Crippen LogP contribution is -2.51. The first kappa shape index (κ1) is 24.2. The molecule has 2 aromatic carbocycles. The van der Waals surface area contributed by atoms with Crippen molar-refractivity contribution in [2.75, 3.05) is 6.54 Å². The van der Waals surface area contributed by atoms with Crippen molar-refractivity contribution >= 4 is 23.8 Å². The average Bonchev–Trinajstić information content (AvgIpc) is 2.74. The molecule has 0 aliphatic rings. The number of carbonyl (C=O) groups is 4. The Kier molecular flexibility index (Phi) is 8.58. The van der Waals surface area contributed by atoms with Crippen molar-refractivity contribution in [1.82, 2.24) is 21.3 Å². The summed E-state index contributed by atoms with van der Waals surface area (Å²) in [6, 6.07) is 10.2. The first-order valence-corrected chi connectivity index (χ1v) is 9.90. The van der Waals surface area contributed by atoms with E-state index < -0.39 is 23.9 Å². The molecule has 4 amide bonds. The van der Waals surface area contributed by atoms with Crippen LogP contribution in [0.4, 0.5) is 4.79 Å². The van der Waals surface area contributed by atoms with E-state index in [-0.39, 0.29) is 36.4 Å². The zero-order valence-electron chi connectivity index (χ0n) is 17.7. The third-order valence-electron chi connectivity index (χ3n) is 4.26. The molecule has 1 unspecified atom stereocenters. The maximum Gasteiger partial charge on any atom is 0.328 e. The molecule has 0 aliphatic carbocycles. The van der Waals surface area contributed by atoms with Gasteiger partial charge in [-0.15, -0.1) is 0 Å². The molecule has 0 spiro atoms. The molecule has 170 valence electrons. The minimum atomic E-state index is -1.33. The minimum absolute atomic E-state index is 0.0996. The quantitative estimate of drug-likeness (QED) is 0.343. The van der Waals surface area contributed by atoms with Gasteiger partial charge >= 0.3 is 12.0 Å². The summed E-state index contributed by atoms with van der Waals surface area (Å²) in [6.07, 6.45) is 0. The SMILES string of the molecule is CC(C)NC(=O)NCC(NC(=O)c1ccc(C(=O)NCc2cccc(O)c2)cc1)C(=O)O. The van der Waals surface area contributed by atoms with E-state index in [0.717, 1.165) is 5.56 Å². The number of rotatable bonds is 9. The van der Waals surface area contributed by atoms with E-state index in [0.29, 0.717) is 5.56 Å². The molecular formula is C22H26N4O6. The van der Waals surface area contributed by atoms with Crippen LogP contribution >= 0.6 is 0 Å². The van der Waals surface area contributed by atoms with Crippen LogP contribution in [0.3, 0.4) is 0 Å². The lowest BCUT2D eigenvalue weighted by Gasteiger charge is -2.16. The predicted octanol–water partition coefficient (Wildman–Crippen LogP) is 1.21. The molecule has 0 bridgehead atoms. The highest BCUT2D eigenvalue weighted by Crippen LogP contribution is 2.11. The summed E-state index contributed by atoms with van der Waals surface area (Å²) in [5.74, 6) is -2.23. The average molecular weight is 442 g/mol. The first-order valence-electron chi connectivity index (χ1n) is 9.90. The molecule has 6 N–H and O–H groups in total. The van der Waals surface area contributed by atoms with Crippen molar-refractivity contribution in [3.8, 4) is 5.75 Å². The van der Waals surface area contributed by atoms with Crippen molar-refractivity contribution in [1.29, 1.82) is 0 Å². The third-order valence-corrected chi connectivity index (χ3v) is 4.26. The van der Waals surface area contributed by atoms with Crippen LogP contribution < -0.4 is 21.3 Å². The Morgan fingerprint density at radius 1 is 0.875 bits per heavy atom. The fourth-order valence-corrected chi connectivity index (χ4v) is 2.67.